The number of aryl methyl sites for hydroxylation is 1. The third kappa shape index (κ3) is 3.13. The summed E-state index contributed by atoms with van der Waals surface area (Å²) >= 11 is 6.87. The Kier molecular flexibility index (Phi) is 4.55. The number of nitrogens with zero attached hydrogens (tertiary/aromatic N) is 1. The molecule has 0 bridgehead atoms. The van der Waals surface area contributed by atoms with Gasteiger partial charge in [-0.2, -0.15) is 4.98 Å². The Hall–Kier alpha value is -2.38. The molecule has 0 unspecified atom stereocenters. The summed E-state index contributed by atoms with van der Waals surface area (Å²) in [5.74, 6) is -0.162. The van der Waals surface area contributed by atoms with Crippen LogP contribution in [0.15, 0.2) is 33.5 Å². The summed E-state index contributed by atoms with van der Waals surface area (Å²) in [5, 5.41) is 1.05. The van der Waals surface area contributed by atoms with Gasteiger partial charge in [0.05, 0.1) is 7.11 Å². The van der Waals surface area contributed by atoms with Gasteiger partial charge in [-0.3, -0.25) is 0 Å². The number of methoxy groups -OCH3 is 1. The molecule has 3 aromatic rings. The molecule has 124 valence electrons. The van der Waals surface area contributed by atoms with Crippen LogP contribution in [0.4, 0.5) is 0 Å². The highest BCUT2D eigenvalue weighted by molar-refractivity contribution is 7.15. The van der Waals surface area contributed by atoms with Gasteiger partial charge < -0.3 is 13.9 Å². The summed E-state index contributed by atoms with van der Waals surface area (Å²) in [6.45, 7) is 1.96. The first-order valence-electron chi connectivity index (χ1n) is 7.01. The van der Waals surface area contributed by atoms with Gasteiger partial charge in [0.15, 0.2) is 10.0 Å². The second-order valence-electron chi connectivity index (χ2n) is 4.80. The zero-order valence-corrected chi connectivity index (χ0v) is 14.4. The fraction of sp³-hybridized carbons (Fsp3) is 0.188. The zero-order chi connectivity index (χ0) is 17.3. The van der Waals surface area contributed by atoms with Crippen LogP contribution in [0.3, 0.4) is 0 Å². The molecule has 0 atom stereocenters. The van der Waals surface area contributed by atoms with E-state index in [-0.39, 0.29) is 15.2 Å². The monoisotopic (exact) mass is 365 g/mol. The lowest BCUT2D eigenvalue weighted by Crippen LogP contribution is -1.99. The molecular weight excluding hydrogens is 354 g/mol. The van der Waals surface area contributed by atoms with E-state index < -0.39 is 11.6 Å². The first-order chi connectivity index (χ1) is 11.5. The lowest BCUT2D eigenvalue weighted by atomic mass is 10.1. The van der Waals surface area contributed by atoms with Gasteiger partial charge in [-0.25, -0.2) is 9.59 Å². The highest BCUT2D eigenvalue weighted by Crippen LogP contribution is 2.33. The molecule has 0 radical (unpaired) electrons. The van der Waals surface area contributed by atoms with Gasteiger partial charge in [-0.05, 0) is 24.1 Å². The third-order valence-corrected chi connectivity index (χ3v) is 4.62. The summed E-state index contributed by atoms with van der Waals surface area (Å²) < 4.78 is 15.4. The lowest BCUT2D eigenvalue weighted by molar-refractivity contribution is 0.0606. The second-order valence-corrected chi connectivity index (χ2v) is 6.12. The van der Waals surface area contributed by atoms with Gasteiger partial charge in [-0.1, -0.05) is 29.9 Å². The fourth-order valence-electron chi connectivity index (χ4n) is 2.21. The summed E-state index contributed by atoms with van der Waals surface area (Å²) in [7, 11) is 1.26. The molecule has 0 saturated carbocycles. The maximum atomic E-state index is 11.6. The Bertz CT molecular complexity index is 978. The molecule has 24 heavy (non-hydrogen) atoms. The molecular formula is C16H12ClNO5S. The minimum Gasteiger partial charge on any atom is -0.465 e. The largest absolute Gasteiger partial charge is 0.465 e. The van der Waals surface area contributed by atoms with Crippen LogP contribution in [-0.2, 0) is 11.2 Å². The van der Waals surface area contributed by atoms with E-state index in [0.29, 0.717) is 17.8 Å². The third-order valence-electron chi connectivity index (χ3n) is 3.32. The number of hydrogen-bond acceptors (Lipinski definition) is 7. The summed E-state index contributed by atoms with van der Waals surface area (Å²) in [5.41, 5.74) is 0.910. The maximum absolute atomic E-state index is 11.6. The van der Waals surface area contributed by atoms with Crippen molar-refractivity contribution in [2.24, 2.45) is 0 Å². The topological polar surface area (TPSA) is 78.6 Å². The summed E-state index contributed by atoms with van der Waals surface area (Å²) in [6.07, 6.45) is 0.715. The number of halogens is 1. The molecule has 0 saturated heterocycles. The number of carbonyl (C=O) groups excluding carboxylic acids is 1. The van der Waals surface area contributed by atoms with E-state index in [4.69, 9.17) is 20.8 Å². The average Bonchev–Trinajstić information content (AvgIpc) is 2.93. The van der Waals surface area contributed by atoms with Crippen molar-refractivity contribution in [1.82, 2.24) is 4.98 Å². The molecule has 0 N–H and O–H groups in total. The zero-order valence-electron chi connectivity index (χ0n) is 12.8. The number of ether oxygens (including phenoxy) is 2. The highest BCUT2D eigenvalue weighted by atomic mass is 35.5. The van der Waals surface area contributed by atoms with Crippen molar-refractivity contribution < 1.29 is 18.7 Å². The number of carbonyl (C=O) groups is 1. The molecule has 0 fully saturated rings. The maximum Gasteiger partial charge on any atom is 0.351 e. The number of hydrogen-bond donors (Lipinski definition) is 0. The number of thiazole rings is 1. The van der Waals surface area contributed by atoms with E-state index in [1.165, 1.54) is 13.2 Å². The summed E-state index contributed by atoms with van der Waals surface area (Å²) in [4.78, 5) is 27.3. The lowest BCUT2D eigenvalue weighted by Gasteiger charge is -2.05. The van der Waals surface area contributed by atoms with E-state index in [0.717, 1.165) is 22.3 Å². The van der Waals surface area contributed by atoms with E-state index in [1.54, 1.807) is 12.1 Å². The molecule has 2 aromatic heterocycles. The van der Waals surface area contributed by atoms with Crippen molar-refractivity contribution in [1.29, 1.82) is 0 Å². The molecule has 0 aliphatic heterocycles. The number of rotatable bonds is 4. The van der Waals surface area contributed by atoms with Crippen molar-refractivity contribution in [3.63, 3.8) is 0 Å². The van der Waals surface area contributed by atoms with Crippen molar-refractivity contribution >= 4 is 39.9 Å². The SMILES string of the molecule is CCc1cc(=O)oc2cc(Oc3nc(Cl)c(C(=O)OC)s3)ccc12. The second kappa shape index (κ2) is 6.62. The molecule has 0 spiro atoms. The number of aromatic nitrogens is 1. The molecule has 2 heterocycles. The standard InChI is InChI=1S/C16H12ClNO5S/c1-3-8-6-12(19)23-11-7-9(4-5-10(8)11)22-16-18-14(17)13(24-16)15(20)21-2/h4-7H,3H2,1-2H3. The van der Waals surface area contributed by atoms with Crippen LogP contribution in [0.5, 0.6) is 10.9 Å². The number of fused-ring (bicyclic) bond motifs is 1. The van der Waals surface area contributed by atoms with Crippen LogP contribution in [0.1, 0.15) is 22.2 Å². The Balaban J connectivity index is 1.96. The first-order valence-corrected chi connectivity index (χ1v) is 8.20. The molecule has 3 rings (SSSR count). The van der Waals surface area contributed by atoms with Crippen molar-refractivity contribution in [2.75, 3.05) is 7.11 Å². The smallest absolute Gasteiger partial charge is 0.351 e. The van der Waals surface area contributed by atoms with Gasteiger partial charge in [0.1, 0.15) is 11.3 Å². The van der Waals surface area contributed by atoms with Gasteiger partial charge in [0.25, 0.3) is 5.19 Å². The minimum absolute atomic E-state index is 0.0161. The normalized spacial score (nSPS) is 10.8. The number of esters is 1. The molecule has 0 aliphatic carbocycles. The highest BCUT2D eigenvalue weighted by Gasteiger charge is 2.18. The first kappa shape index (κ1) is 16.5. The molecule has 1 aromatic carbocycles. The van der Waals surface area contributed by atoms with Crippen LogP contribution in [-0.4, -0.2) is 18.1 Å². The van der Waals surface area contributed by atoms with Crippen molar-refractivity contribution in [3.05, 3.63) is 50.3 Å². The minimum atomic E-state index is -0.579. The summed E-state index contributed by atoms with van der Waals surface area (Å²) in [6, 6.07) is 6.62. The van der Waals surface area contributed by atoms with E-state index in [9.17, 15) is 9.59 Å². The average molecular weight is 366 g/mol. The Morgan fingerprint density at radius 1 is 1.38 bits per heavy atom. The molecule has 8 heteroatoms. The van der Waals surface area contributed by atoms with E-state index >= 15 is 0 Å². The predicted molar refractivity (Wildman–Crippen MR) is 90.4 cm³/mol. The van der Waals surface area contributed by atoms with Crippen LogP contribution in [0.25, 0.3) is 11.0 Å². The molecule has 0 amide bonds. The predicted octanol–water partition coefficient (Wildman–Crippen LogP) is 4.04. The van der Waals surface area contributed by atoms with Crippen LogP contribution in [0, 0.1) is 0 Å². The molecule has 6 nitrogen and oxygen atoms in total. The van der Waals surface area contributed by atoms with Crippen LogP contribution >= 0.6 is 22.9 Å². The van der Waals surface area contributed by atoms with Crippen molar-refractivity contribution in [3.8, 4) is 10.9 Å². The van der Waals surface area contributed by atoms with Gasteiger partial charge in [0.2, 0.25) is 0 Å². The Morgan fingerprint density at radius 3 is 2.88 bits per heavy atom. The van der Waals surface area contributed by atoms with Crippen LogP contribution < -0.4 is 10.4 Å². The Labute approximate surface area is 145 Å². The van der Waals surface area contributed by atoms with Gasteiger partial charge in [-0.15, -0.1) is 0 Å². The molecule has 0 aliphatic rings. The van der Waals surface area contributed by atoms with Gasteiger partial charge >= 0.3 is 11.6 Å². The van der Waals surface area contributed by atoms with Crippen LogP contribution in [0.2, 0.25) is 5.15 Å². The van der Waals surface area contributed by atoms with E-state index in [2.05, 4.69) is 9.72 Å². The Morgan fingerprint density at radius 2 is 2.17 bits per heavy atom. The number of benzene rings is 1. The fourth-order valence-corrected chi connectivity index (χ4v) is 3.28. The quantitative estimate of drug-likeness (QED) is 0.512. The van der Waals surface area contributed by atoms with E-state index in [1.807, 2.05) is 13.0 Å². The van der Waals surface area contributed by atoms with Gasteiger partial charge in [0, 0.05) is 17.5 Å². The van der Waals surface area contributed by atoms with Crippen molar-refractivity contribution in [2.45, 2.75) is 13.3 Å².